The van der Waals surface area contributed by atoms with E-state index in [0.29, 0.717) is 34.5 Å². The van der Waals surface area contributed by atoms with Crippen LogP contribution in [-0.4, -0.2) is 25.7 Å². The highest BCUT2D eigenvalue weighted by atomic mass is 16.7. The van der Waals surface area contributed by atoms with Crippen LogP contribution in [0.1, 0.15) is 6.92 Å². The van der Waals surface area contributed by atoms with Crippen LogP contribution in [0.15, 0.2) is 36.4 Å². The van der Waals surface area contributed by atoms with Crippen molar-refractivity contribution >= 4 is 5.97 Å². The predicted molar refractivity (Wildman–Crippen MR) is 80.9 cm³/mol. The number of benzene rings is 2. The molecule has 2 aliphatic heterocycles. The third kappa shape index (κ3) is 2.76. The molecule has 0 fully saturated rings. The molecule has 4 rings (SSSR count). The third-order valence-corrected chi connectivity index (χ3v) is 3.55. The van der Waals surface area contributed by atoms with Gasteiger partial charge in [0.2, 0.25) is 13.6 Å². The van der Waals surface area contributed by atoms with E-state index in [-0.39, 0.29) is 13.6 Å². The molecule has 2 heterocycles. The normalized spacial score (nSPS) is 15.0. The van der Waals surface area contributed by atoms with E-state index in [4.69, 9.17) is 28.4 Å². The number of hydrogen-bond donors (Lipinski definition) is 0. The van der Waals surface area contributed by atoms with E-state index in [0.717, 1.165) is 0 Å². The van der Waals surface area contributed by atoms with Gasteiger partial charge in [-0.05, 0) is 31.2 Å². The quantitative estimate of drug-likeness (QED) is 0.630. The molecule has 2 aliphatic rings. The molecule has 2 aromatic carbocycles. The Kier molecular flexibility index (Phi) is 3.53. The zero-order valence-corrected chi connectivity index (χ0v) is 12.8. The van der Waals surface area contributed by atoms with Crippen LogP contribution in [0.2, 0.25) is 0 Å². The smallest absolute Gasteiger partial charge is 0.352 e. The zero-order valence-electron chi connectivity index (χ0n) is 12.8. The molecular weight excluding hydrogens is 316 g/mol. The van der Waals surface area contributed by atoms with Crippen molar-refractivity contribution in [2.24, 2.45) is 0 Å². The van der Waals surface area contributed by atoms with Crippen LogP contribution in [0.4, 0.5) is 0 Å². The fourth-order valence-corrected chi connectivity index (χ4v) is 2.34. The Hall–Kier alpha value is -3.09. The van der Waals surface area contributed by atoms with Crippen molar-refractivity contribution in [3.8, 4) is 34.5 Å². The first-order valence-electron chi connectivity index (χ1n) is 7.37. The van der Waals surface area contributed by atoms with E-state index in [1.807, 2.05) is 0 Å². The number of rotatable bonds is 4. The Morgan fingerprint density at radius 1 is 0.875 bits per heavy atom. The van der Waals surface area contributed by atoms with Crippen LogP contribution in [0, 0.1) is 0 Å². The summed E-state index contributed by atoms with van der Waals surface area (Å²) in [4.78, 5) is 12.2. The van der Waals surface area contributed by atoms with Crippen molar-refractivity contribution in [2.45, 2.75) is 13.0 Å². The van der Waals surface area contributed by atoms with Crippen molar-refractivity contribution in [3.05, 3.63) is 36.4 Å². The second-order valence-electron chi connectivity index (χ2n) is 5.21. The van der Waals surface area contributed by atoms with Gasteiger partial charge in [-0.2, -0.15) is 0 Å². The molecule has 1 unspecified atom stereocenters. The summed E-state index contributed by atoms with van der Waals surface area (Å²) in [6, 6.07) is 10.0. The summed E-state index contributed by atoms with van der Waals surface area (Å²) in [6.45, 7) is 1.96. The highest BCUT2D eigenvalue weighted by Crippen LogP contribution is 2.36. The fraction of sp³-hybridized carbons (Fsp3) is 0.235. The Morgan fingerprint density at radius 2 is 1.42 bits per heavy atom. The van der Waals surface area contributed by atoms with Gasteiger partial charge in [0.25, 0.3) is 0 Å². The van der Waals surface area contributed by atoms with E-state index in [9.17, 15) is 4.79 Å². The van der Waals surface area contributed by atoms with Crippen molar-refractivity contribution in [2.75, 3.05) is 13.6 Å². The molecule has 24 heavy (non-hydrogen) atoms. The summed E-state index contributed by atoms with van der Waals surface area (Å²) in [5.74, 6) is 2.75. The number of ether oxygens (including phenoxy) is 6. The van der Waals surface area contributed by atoms with Gasteiger partial charge in [0.15, 0.2) is 29.1 Å². The summed E-state index contributed by atoms with van der Waals surface area (Å²) < 4.78 is 31.9. The van der Waals surface area contributed by atoms with E-state index in [1.165, 1.54) is 0 Å². The molecule has 0 spiro atoms. The molecule has 7 heteroatoms. The second kappa shape index (κ2) is 5.84. The van der Waals surface area contributed by atoms with Crippen molar-refractivity contribution in [1.82, 2.24) is 0 Å². The molecule has 0 N–H and O–H groups in total. The van der Waals surface area contributed by atoms with Crippen molar-refractivity contribution in [1.29, 1.82) is 0 Å². The maximum Gasteiger partial charge on any atom is 0.352 e. The predicted octanol–water partition coefficient (Wildman–Crippen LogP) is 2.52. The van der Waals surface area contributed by atoms with Crippen LogP contribution in [0.3, 0.4) is 0 Å². The number of hydrogen-bond acceptors (Lipinski definition) is 7. The van der Waals surface area contributed by atoms with Gasteiger partial charge >= 0.3 is 5.97 Å². The molecule has 2 aromatic rings. The lowest BCUT2D eigenvalue weighted by Crippen LogP contribution is -2.28. The Labute approximate surface area is 137 Å². The van der Waals surface area contributed by atoms with Crippen LogP contribution < -0.4 is 28.4 Å². The first-order valence-corrected chi connectivity index (χ1v) is 7.37. The molecule has 1 atom stereocenters. The molecule has 124 valence electrons. The second-order valence-corrected chi connectivity index (χ2v) is 5.21. The average Bonchev–Trinajstić information content (AvgIpc) is 3.22. The largest absolute Gasteiger partial charge is 0.479 e. The summed E-state index contributed by atoms with van der Waals surface area (Å²) in [6.07, 6.45) is -0.796. The van der Waals surface area contributed by atoms with E-state index < -0.39 is 12.1 Å². The maximum absolute atomic E-state index is 12.2. The lowest BCUT2D eigenvalue weighted by Gasteiger charge is -2.14. The third-order valence-electron chi connectivity index (χ3n) is 3.55. The molecule has 0 amide bonds. The summed E-state index contributed by atoms with van der Waals surface area (Å²) in [5, 5.41) is 0. The topological polar surface area (TPSA) is 72.5 Å². The zero-order chi connectivity index (χ0) is 16.5. The molecule has 0 aromatic heterocycles. The highest BCUT2D eigenvalue weighted by Gasteiger charge is 2.21. The first-order chi connectivity index (χ1) is 11.7. The SMILES string of the molecule is CC(Oc1ccc2c(c1)OCO2)C(=O)Oc1ccc2c(c1)OCO2. The summed E-state index contributed by atoms with van der Waals surface area (Å²) in [5.41, 5.74) is 0. The molecular formula is C17H14O7. The van der Waals surface area contributed by atoms with Gasteiger partial charge in [-0.3, -0.25) is 0 Å². The van der Waals surface area contributed by atoms with Gasteiger partial charge in [-0.15, -0.1) is 0 Å². The Balaban J connectivity index is 1.41. The first kappa shape index (κ1) is 14.5. The highest BCUT2D eigenvalue weighted by molar-refractivity contribution is 5.77. The van der Waals surface area contributed by atoms with Crippen molar-refractivity contribution < 1.29 is 33.2 Å². The lowest BCUT2D eigenvalue weighted by atomic mass is 10.3. The van der Waals surface area contributed by atoms with Gasteiger partial charge in [0, 0.05) is 12.1 Å². The maximum atomic E-state index is 12.2. The number of esters is 1. The van der Waals surface area contributed by atoms with Crippen LogP contribution in [0.25, 0.3) is 0 Å². The standard InChI is InChI=1S/C17H14O7/c1-10(23-11-2-4-13-15(6-11)21-8-19-13)17(18)24-12-3-5-14-16(7-12)22-9-20-14/h2-7,10H,8-9H2,1H3. The van der Waals surface area contributed by atoms with Crippen LogP contribution >= 0.6 is 0 Å². The minimum atomic E-state index is -0.796. The van der Waals surface area contributed by atoms with Crippen LogP contribution in [-0.2, 0) is 4.79 Å². The minimum absolute atomic E-state index is 0.163. The molecule has 0 aliphatic carbocycles. The average molecular weight is 330 g/mol. The van der Waals surface area contributed by atoms with Crippen molar-refractivity contribution in [3.63, 3.8) is 0 Å². The number of carbonyl (C=O) groups excluding carboxylic acids is 1. The van der Waals surface area contributed by atoms with Gasteiger partial charge in [0.05, 0.1) is 0 Å². The fourth-order valence-electron chi connectivity index (χ4n) is 2.34. The Morgan fingerprint density at radius 3 is 2.08 bits per heavy atom. The molecule has 0 radical (unpaired) electrons. The number of carbonyl (C=O) groups is 1. The minimum Gasteiger partial charge on any atom is -0.479 e. The summed E-state index contributed by atoms with van der Waals surface area (Å²) >= 11 is 0. The molecule has 0 bridgehead atoms. The van der Waals surface area contributed by atoms with Gasteiger partial charge < -0.3 is 28.4 Å². The molecule has 7 nitrogen and oxygen atoms in total. The van der Waals surface area contributed by atoms with E-state index in [2.05, 4.69) is 0 Å². The Bertz CT molecular complexity index is 787. The van der Waals surface area contributed by atoms with Gasteiger partial charge in [0.1, 0.15) is 11.5 Å². The van der Waals surface area contributed by atoms with E-state index in [1.54, 1.807) is 43.3 Å². The van der Waals surface area contributed by atoms with Gasteiger partial charge in [-0.1, -0.05) is 0 Å². The monoisotopic (exact) mass is 330 g/mol. The molecule has 0 saturated carbocycles. The van der Waals surface area contributed by atoms with E-state index >= 15 is 0 Å². The number of fused-ring (bicyclic) bond motifs is 2. The molecule has 0 saturated heterocycles. The lowest BCUT2D eigenvalue weighted by molar-refractivity contribution is -0.141. The summed E-state index contributed by atoms with van der Waals surface area (Å²) in [7, 11) is 0. The van der Waals surface area contributed by atoms with Crippen LogP contribution in [0.5, 0.6) is 34.5 Å². The van der Waals surface area contributed by atoms with Gasteiger partial charge in [-0.25, -0.2) is 4.79 Å².